The van der Waals surface area contributed by atoms with Crippen molar-refractivity contribution in [2.45, 2.75) is 19.8 Å². The molecule has 186 valence electrons. The Balaban J connectivity index is 3.11. The maximum atomic E-state index is 11.7. The predicted molar refractivity (Wildman–Crippen MR) is 154 cm³/mol. The van der Waals surface area contributed by atoms with Gasteiger partial charge >= 0.3 is 5.97 Å². The van der Waals surface area contributed by atoms with Gasteiger partial charge in [-0.05, 0) is 17.9 Å². The third-order valence-electron chi connectivity index (χ3n) is 3.01. The van der Waals surface area contributed by atoms with Crippen molar-refractivity contribution in [3.8, 4) is 0 Å². The highest BCUT2D eigenvalue weighted by Crippen LogP contribution is 2.19. The van der Waals surface area contributed by atoms with Crippen LogP contribution < -0.4 is 0 Å². The number of carbonyl (C=O) groups excluding carboxylic acids is 1. The van der Waals surface area contributed by atoms with E-state index in [2.05, 4.69) is 6.92 Å². The molecule has 0 spiro atoms. The molecule has 0 aliphatic carbocycles. The zero-order valence-corrected chi connectivity index (χ0v) is 24.7. The minimum atomic E-state index is -0.0775. The molecular weight excluding hydrogens is 553 g/mol. The van der Waals surface area contributed by atoms with E-state index in [0.717, 1.165) is 55.5 Å². The van der Waals surface area contributed by atoms with E-state index in [9.17, 15) is 4.79 Å². The number of aliphatic hydroxyl groups is 1. The molecule has 0 aromatic rings. The number of thioether (sulfide) groups is 8. The molecule has 0 bridgehead atoms. The first-order chi connectivity index (χ1) is 15.3. The molecule has 0 amide bonds. The number of aliphatic hydroxyl groups excluding tert-OH is 1. The lowest BCUT2D eigenvalue weighted by atomic mass is 10.5. The van der Waals surface area contributed by atoms with Gasteiger partial charge in [0.25, 0.3) is 0 Å². The molecule has 1 N–H and O–H groups in total. The van der Waals surface area contributed by atoms with Crippen LogP contribution in [0.2, 0.25) is 0 Å². The third kappa shape index (κ3) is 30.1. The van der Waals surface area contributed by atoms with Crippen molar-refractivity contribution in [1.29, 1.82) is 0 Å². The van der Waals surface area contributed by atoms with Gasteiger partial charge in [-0.2, -0.15) is 35.3 Å². The summed E-state index contributed by atoms with van der Waals surface area (Å²) < 4.78 is 5.27. The van der Waals surface area contributed by atoms with Crippen molar-refractivity contribution in [2.75, 3.05) is 79.9 Å². The Labute approximate surface area is 222 Å². The van der Waals surface area contributed by atoms with Gasteiger partial charge in [0.1, 0.15) is 12.5 Å². The van der Waals surface area contributed by atoms with Gasteiger partial charge in [-0.15, -0.1) is 58.8 Å². The molecule has 31 heavy (non-hydrogen) atoms. The second-order valence-electron chi connectivity index (χ2n) is 5.42. The van der Waals surface area contributed by atoms with E-state index in [-0.39, 0.29) is 11.9 Å². The Hall–Kier alpha value is 2.15. The average Bonchev–Trinajstić information content (AvgIpc) is 2.77. The van der Waals surface area contributed by atoms with Crippen molar-refractivity contribution >= 4 is 100 Å². The summed E-state index contributed by atoms with van der Waals surface area (Å²) in [6.07, 6.45) is 1.48. The second kappa shape index (κ2) is 30.2. The van der Waals surface area contributed by atoms with Crippen molar-refractivity contribution in [1.82, 2.24) is 0 Å². The summed E-state index contributed by atoms with van der Waals surface area (Å²) in [4.78, 5) is 21.9. The number of hydrogen-bond donors (Lipinski definition) is 1. The predicted octanol–water partition coefficient (Wildman–Crippen LogP) is 5.88. The third-order valence-corrected chi connectivity index (χ3v) is 12.0. The Morgan fingerprint density at radius 1 is 0.710 bits per heavy atom. The first-order valence-electron chi connectivity index (χ1n) is 9.94. The van der Waals surface area contributed by atoms with E-state index in [1.165, 1.54) is 17.5 Å². The lowest BCUT2D eigenvalue weighted by Crippen LogP contribution is -2.08. The normalized spacial score (nSPS) is 11.2. The van der Waals surface area contributed by atoms with Crippen LogP contribution in [0.1, 0.15) is 19.8 Å². The monoisotopic (exact) mass is 588 g/mol. The average molecular weight is 589 g/mol. The molecule has 0 heterocycles. The van der Waals surface area contributed by atoms with E-state index >= 15 is 0 Å². The quantitative estimate of drug-likeness (QED) is 0.0430. The fourth-order valence-corrected chi connectivity index (χ4v) is 9.49. The number of esters is 1. The summed E-state index contributed by atoms with van der Waals surface area (Å²) >= 11 is 14.5. The van der Waals surface area contributed by atoms with Crippen LogP contribution in [0, 0.1) is 0 Å². The molecule has 0 aliphatic rings. The fourth-order valence-electron chi connectivity index (χ4n) is 1.59. The van der Waals surface area contributed by atoms with E-state index in [0.29, 0.717) is 25.6 Å². The Kier molecular flexibility index (Phi) is 32.3. The van der Waals surface area contributed by atoms with Crippen molar-refractivity contribution in [3.63, 3.8) is 0 Å². The van der Waals surface area contributed by atoms with Crippen LogP contribution in [0.4, 0.5) is 0 Å². The molecule has 13 heteroatoms. The number of ether oxygens (including phenoxy) is 1. The highest BCUT2D eigenvalue weighted by Gasteiger charge is 2.03. The molecule has 0 radical (unpaired) electrons. The van der Waals surface area contributed by atoms with Gasteiger partial charge in [0, 0.05) is 43.4 Å². The molecule has 0 unspecified atom stereocenters. The van der Waals surface area contributed by atoms with Crippen LogP contribution in [-0.2, 0) is 19.3 Å². The summed E-state index contributed by atoms with van der Waals surface area (Å²) in [6, 6.07) is 0. The van der Waals surface area contributed by atoms with Gasteiger partial charge in [-0.1, -0.05) is 6.92 Å². The SMILES string of the molecule is CCSCSCSCCOC(=O)CCSCSCSCCCOOCSCCSCO. The summed E-state index contributed by atoms with van der Waals surface area (Å²) in [5.41, 5.74) is 0. The van der Waals surface area contributed by atoms with E-state index in [4.69, 9.17) is 19.6 Å². The Bertz CT molecular complexity index is 372. The number of hydrogen-bond acceptors (Lipinski definition) is 13. The molecule has 0 fully saturated rings. The molecule has 0 saturated heterocycles. The standard InChI is InChI=1S/C18H36O5S8/c1-2-24-14-30-17-29-9-6-21-18(20)4-8-28-16-31-15-27-7-3-5-22-23-13-26-11-10-25-12-19/h19H,2-17H2,1H3. The van der Waals surface area contributed by atoms with Gasteiger partial charge in [0.2, 0.25) is 0 Å². The lowest BCUT2D eigenvalue weighted by Gasteiger charge is -2.05. The van der Waals surface area contributed by atoms with E-state index in [1.54, 1.807) is 23.5 Å². The topological polar surface area (TPSA) is 65.0 Å². The summed E-state index contributed by atoms with van der Waals surface area (Å²) in [5.74, 6) is 6.47. The van der Waals surface area contributed by atoms with Gasteiger partial charge in [0.15, 0.2) is 0 Å². The van der Waals surface area contributed by atoms with Crippen molar-refractivity contribution in [2.24, 2.45) is 0 Å². The molecular formula is C18H36O5S8. The Morgan fingerprint density at radius 3 is 2.13 bits per heavy atom. The summed E-state index contributed by atoms with van der Waals surface area (Å²) in [5, 5.41) is 12.9. The minimum absolute atomic E-state index is 0.0775. The second-order valence-corrected chi connectivity index (χ2v) is 15.6. The van der Waals surface area contributed by atoms with E-state index in [1.807, 2.05) is 58.8 Å². The van der Waals surface area contributed by atoms with Crippen molar-refractivity contribution < 1.29 is 24.4 Å². The first-order valence-corrected chi connectivity index (χ1v) is 19.2. The molecule has 0 aromatic heterocycles. The van der Waals surface area contributed by atoms with Crippen LogP contribution in [0.5, 0.6) is 0 Å². The van der Waals surface area contributed by atoms with Crippen LogP contribution in [0.25, 0.3) is 0 Å². The van der Waals surface area contributed by atoms with E-state index < -0.39 is 0 Å². The molecule has 5 nitrogen and oxygen atoms in total. The zero-order chi connectivity index (χ0) is 22.7. The number of rotatable bonds is 26. The molecule has 0 aromatic carbocycles. The van der Waals surface area contributed by atoms with Crippen LogP contribution >= 0.6 is 94.1 Å². The van der Waals surface area contributed by atoms with Gasteiger partial charge in [-0.3, -0.25) is 4.79 Å². The fraction of sp³-hybridized carbons (Fsp3) is 0.944. The maximum Gasteiger partial charge on any atom is 0.306 e. The minimum Gasteiger partial charge on any atom is -0.465 e. The molecule has 0 rings (SSSR count). The molecule has 0 saturated carbocycles. The molecule has 0 aliphatic heterocycles. The lowest BCUT2D eigenvalue weighted by molar-refractivity contribution is -0.278. The Morgan fingerprint density at radius 2 is 1.39 bits per heavy atom. The summed E-state index contributed by atoms with van der Waals surface area (Å²) in [6.45, 7) is 3.32. The highest BCUT2D eigenvalue weighted by atomic mass is 32.2. The highest BCUT2D eigenvalue weighted by molar-refractivity contribution is 8.23. The number of carbonyl (C=O) groups is 1. The van der Waals surface area contributed by atoms with Crippen molar-refractivity contribution in [3.05, 3.63) is 0 Å². The molecule has 0 atom stereocenters. The van der Waals surface area contributed by atoms with Crippen LogP contribution in [0.15, 0.2) is 0 Å². The zero-order valence-electron chi connectivity index (χ0n) is 18.2. The largest absolute Gasteiger partial charge is 0.465 e. The first kappa shape index (κ1) is 33.1. The van der Waals surface area contributed by atoms with Crippen LogP contribution in [-0.4, -0.2) is 91.0 Å². The van der Waals surface area contributed by atoms with Crippen LogP contribution in [0.3, 0.4) is 0 Å². The van der Waals surface area contributed by atoms with Gasteiger partial charge in [-0.25, -0.2) is 9.78 Å². The maximum absolute atomic E-state index is 11.7. The smallest absolute Gasteiger partial charge is 0.306 e. The van der Waals surface area contributed by atoms with Gasteiger partial charge in [0.05, 0.1) is 19.0 Å². The van der Waals surface area contributed by atoms with Gasteiger partial charge < -0.3 is 9.84 Å². The summed E-state index contributed by atoms with van der Waals surface area (Å²) in [7, 11) is 0.